The zero-order valence-corrected chi connectivity index (χ0v) is 20.3. The van der Waals surface area contributed by atoms with Crippen molar-refractivity contribution in [2.24, 2.45) is 5.92 Å². The van der Waals surface area contributed by atoms with Gasteiger partial charge in [-0.05, 0) is 61.6 Å². The Morgan fingerprint density at radius 1 is 1.06 bits per heavy atom. The summed E-state index contributed by atoms with van der Waals surface area (Å²) in [6, 6.07) is 18.7. The number of hydrogen-bond donors (Lipinski definition) is 1. The van der Waals surface area contributed by atoms with Gasteiger partial charge in [0.25, 0.3) is 5.91 Å². The number of amides is 1. The quantitative estimate of drug-likeness (QED) is 0.390. The number of pyridine rings is 1. The normalized spacial score (nSPS) is 18.8. The van der Waals surface area contributed by atoms with Crippen LogP contribution < -0.4 is 0 Å². The number of carbonyl (C=O) groups excluding carboxylic acids is 1. The van der Waals surface area contributed by atoms with Gasteiger partial charge in [0.2, 0.25) is 0 Å². The molecule has 2 aliphatic rings. The Morgan fingerprint density at radius 2 is 1.86 bits per heavy atom. The molecule has 8 heteroatoms. The first-order valence-corrected chi connectivity index (χ1v) is 12.9. The van der Waals surface area contributed by atoms with Gasteiger partial charge in [0.05, 0.1) is 11.6 Å². The van der Waals surface area contributed by atoms with Gasteiger partial charge in [-0.3, -0.25) is 9.59 Å². The third-order valence-corrected chi connectivity index (χ3v) is 8.32. The van der Waals surface area contributed by atoms with Gasteiger partial charge >= 0.3 is 5.97 Å². The predicted molar refractivity (Wildman–Crippen MR) is 136 cm³/mol. The number of carboxylic acid groups (broad SMARTS) is 1. The molecule has 0 spiro atoms. The van der Waals surface area contributed by atoms with Gasteiger partial charge in [0.1, 0.15) is 21.2 Å². The van der Waals surface area contributed by atoms with E-state index in [2.05, 4.69) is 17.1 Å². The van der Waals surface area contributed by atoms with Gasteiger partial charge in [-0.15, -0.1) is 0 Å². The maximum atomic E-state index is 15.2. The zero-order chi connectivity index (χ0) is 24.9. The van der Waals surface area contributed by atoms with Gasteiger partial charge in [0.15, 0.2) is 0 Å². The molecule has 2 fully saturated rings. The topological polar surface area (TPSA) is 83.4 Å². The van der Waals surface area contributed by atoms with Crippen molar-refractivity contribution in [2.75, 3.05) is 13.1 Å². The lowest BCUT2D eigenvalue weighted by molar-refractivity contribution is -0.143. The summed E-state index contributed by atoms with van der Waals surface area (Å²) < 4.78 is 15.2. The zero-order valence-electron chi connectivity index (χ0n) is 19.5. The summed E-state index contributed by atoms with van der Waals surface area (Å²) in [5.74, 6) is -2.37. The van der Waals surface area contributed by atoms with Crippen molar-refractivity contribution in [2.45, 2.75) is 31.1 Å². The van der Waals surface area contributed by atoms with E-state index in [-0.39, 0.29) is 23.4 Å². The summed E-state index contributed by atoms with van der Waals surface area (Å²) in [5, 5.41) is 9.80. The molecule has 182 valence electrons. The second kappa shape index (κ2) is 8.78. The molecule has 1 amide bonds. The molecule has 2 aromatic carbocycles. The number of aliphatic carboxylic acids is 1. The summed E-state index contributed by atoms with van der Waals surface area (Å²) in [6.07, 6.45) is 3.27. The van der Waals surface area contributed by atoms with E-state index in [0.717, 1.165) is 28.9 Å². The van der Waals surface area contributed by atoms with Gasteiger partial charge < -0.3 is 10.0 Å². The monoisotopic (exact) mass is 501 g/mol. The third-order valence-electron chi connectivity index (χ3n) is 7.33. The fourth-order valence-corrected chi connectivity index (χ4v) is 6.11. The van der Waals surface area contributed by atoms with Crippen LogP contribution in [0.1, 0.15) is 47.3 Å². The molecule has 36 heavy (non-hydrogen) atoms. The Kier molecular flexibility index (Phi) is 5.56. The van der Waals surface area contributed by atoms with Crippen molar-refractivity contribution >= 4 is 33.6 Å². The average Bonchev–Trinajstić information content (AvgIpc) is 3.61. The van der Waals surface area contributed by atoms with Crippen LogP contribution in [0.25, 0.3) is 20.9 Å². The van der Waals surface area contributed by atoms with Gasteiger partial charge in [0, 0.05) is 29.6 Å². The van der Waals surface area contributed by atoms with Crippen LogP contribution >= 0.6 is 11.3 Å². The highest BCUT2D eigenvalue weighted by molar-refractivity contribution is 7.21. The fraction of sp³-hybridized carbons (Fsp3) is 0.286. The Hall–Kier alpha value is -3.65. The van der Waals surface area contributed by atoms with Crippen molar-refractivity contribution in [3.63, 3.8) is 0 Å². The lowest BCUT2D eigenvalue weighted by Gasteiger charge is -2.30. The summed E-state index contributed by atoms with van der Waals surface area (Å²) in [6.45, 7) is 0.621. The number of hydrogen-bond acceptors (Lipinski definition) is 5. The van der Waals surface area contributed by atoms with Crippen LogP contribution in [0.3, 0.4) is 0 Å². The Balaban J connectivity index is 1.27. The van der Waals surface area contributed by atoms with Crippen LogP contribution in [0, 0.1) is 11.7 Å². The second-order valence-corrected chi connectivity index (χ2v) is 10.6. The largest absolute Gasteiger partial charge is 0.481 e. The molecule has 1 aliphatic carbocycles. The number of piperidine rings is 1. The second-order valence-electron chi connectivity index (χ2n) is 9.61. The van der Waals surface area contributed by atoms with Gasteiger partial charge in [-0.25, -0.2) is 14.4 Å². The van der Waals surface area contributed by atoms with Crippen LogP contribution in [-0.2, 0) is 10.2 Å². The molecule has 3 heterocycles. The molecule has 0 radical (unpaired) electrons. The van der Waals surface area contributed by atoms with Crippen molar-refractivity contribution in [3.8, 4) is 10.6 Å². The minimum Gasteiger partial charge on any atom is -0.481 e. The van der Waals surface area contributed by atoms with Crippen LogP contribution in [0.2, 0.25) is 0 Å². The smallest absolute Gasteiger partial charge is 0.308 e. The summed E-state index contributed by atoms with van der Waals surface area (Å²) in [4.78, 5) is 36.0. The van der Waals surface area contributed by atoms with Crippen LogP contribution in [0.5, 0.6) is 0 Å². The first-order chi connectivity index (χ1) is 17.4. The van der Waals surface area contributed by atoms with Crippen molar-refractivity contribution < 1.29 is 19.1 Å². The first kappa shape index (κ1) is 22.8. The van der Waals surface area contributed by atoms with E-state index in [1.54, 1.807) is 12.1 Å². The maximum Gasteiger partial charge on any atom is 0.308 e. The van der Waals surface area contributed by atoms with Crippen LogP contribution in [-0.4, -0.2) is 44.9 Å². The lowest BCUT2D eigenvalue weighted by atomic mass is 9.92. The van der Waals surface area contributed by atoms with Crippen LogP contribution in [0.4, 0.5) is 4.39 Å². The molecule has 6 nitrogen and oxygen atoms in total. The van der Waals surface area contributed by atoms with E-state index in [1.807, 2.05) is 30.3 Å². The molecule has 4 aromatic rings. The predicted octanol–water partition coefficient (Wildman–Crippen LogP) is 5.51. The number of likely N-dealkylation sites (tertiary alicyclic amines) is 1. The third kappa shape index (κ3) is 3.95. The van der Waals surface area contributed by atoms with Crippen molar-refractivity contribution in [3.05, 3.63) is 83.3 Å². The van der Waals surface area contributed by atoms with Gasteiger partial charge in [-0.2, -0.15) is 0 Å². The fourth-order valence-electron chi connectivity index (χ4n) is 5.14. The van der Waals surface area contributed by atoms with Crippen molar-refractivity contribution in [1.29, 1.82) is 0 Å². The van der Waals surface area contributed by atoms with E-state index >= 15 is 4.39 Å². The molecule has 1 N–H and O–H groups in total. The highest BCUT2D eigenvalue weighted by atomic mass is 32.1. The highest BCUT2D eigenvalue weighted by Gasteiger charge is 2.47. The number of nitrogens with zero attached hydrogens (tertiary/aromatic N) is 3. The number of thiazole rings is 1. The molecule has 1 saturated carbocycles. The number of fused-ring (bicyclic) bond motifs is 1. The number of carbonyl (C=O) groups is 2. The Morgan fingerprint density at radius 3 is 2.58 bits per heavy atom. The Labute approximate surface area is 211 Å². The number of benzene rings is 2. The number of carboxylic acids is 1. The van der Waals surface area contributed by atoms with E-state index in [9.17, 15) is 14.7 Å². The minimum atomic E-state index is -0.905. The summed E-state index contributed by atoms with van der Waals surface area (Å²) in [7, 11) is 0. The minimum absolute atomic E-state index is 0.0546. The maximum absolute atomic E-state index is 15.2. The number of halogens is 1. The lowest BCUT2D eigenvalue weighted by Crippen LogP contribution is -2.42. The highest BCUT2D eigenvalue weighted by Crippen LogP contribution is 2.53. The molecular formula is C28H24FN3O3S. The van der Waals surface area contributed by atoms with E-state index in [4.69, 9.17) is 4.98 Å². The Bertz CT molecular complexity index is 1480. The van der Waals surface area contributed by atoms with E-state index in [1.165, 1.54) is 27.9 Å². The molecule has 6 rings (SSSR count). The van der Waals surface area contributed by atoms with Gasteiger partial charge in [-0.1, -0.05) is 41.7 Å². The van der Waals surface area contributed by atoms with Crippen molar-refractivity contribution in [1.82, 2.24) is 14.9 Å². The molecule has 1 atom stereocenters. The number of aromatic nitrogens is 2. The molecule has 2 aromatic heterocycles. The molecular weight excluding hydrogens is 477 g/mol. The average molecular weight is 502 g/mol. The van der Waals surface area contributed by atoms with E-state index in [0.29, 0.717) is 30.0 Å². The van der Waals surface area contributed by atoms with E-state index < -0.39 is 17.7 Å². The summed E-state index contributed by atoms with van der Waals surface area (Å²) in [5.41, 5.74) is 3.47. The molecule has 1 unspecified atom stereocenters. The van der Waals surface area contributed by atoms with Crippen LogP contribution in [0.15, 0.2) is 60.7 Å². The standard InChI is InChI=1S/C28H24FN3O3S/c29-21-15-17(26(33)32-14-4-5-18(16-32)27(34)35)8-9-20(21)24-30-22-10-11-23(31-25(22)36-24)28(12-13-28)19-6-2-1-3-7-19/h1-3,6-11,15,18H,4-5,12-14,16H2,(H,34,35). The number of rotatable bonds is 5. The SMILES string of the molecule is O=C(O)C1CCCN(C(=O)c2ccc(-c3nc4ccc(C5(c6ccccc6)CC5)nc4s3)c(F)c2)C1. The summed E-state index contributed by atoms with van der Waals surface area (Å²) >= 11 is 1.34. The molecule has 1 saturated heterocycles. The molecule has 1 aliphatic heterocycles. The first-order valence-electron chi connectivity index (χ1n) is 12.1. The molecule has 0 bridgehead atoms.